The maximum atomic E-state index is 14.3. The van der Waals surface area contributed by atoms with Crippen molar-refractivity contribution in [1.29, 1.82) is 0 Å². The summed E-state index contributed by atoms with van der Waals surface area (Å²) in [4.78, 5) is 17.6. The monoisotopic (exact) mass is 614 g/mol. The van der Waals surface area contributed by atoms with Crippen LogP contribution in [-0.4, -0.2) is 57.9 Å². The molecule has 2 aromatic rings. The molecule has 2 saturated heterocycles. The fourth-order valence-electron chi connectivity index (χ4n) is 9.13. The summed E-state index contributed by atoms with van der Waals surface area (Å²) in [5, 5.41) is 0. The molecule has 2 aromatic heterocycles. The Balaban J connectivity index is 1.18. The predicted octanol–water partition coefficient (Wildman–Crippen LogP) is 5.51. The molecule has 0 aromatic carbocycles. The smallest absolute Gasteiger partial charge is 0.298 e. The van der Waals surface area contributed by atoms with E-state index in [0.717, 1.165) is 55.7 Å². The lowest BCUT2D eigenvalue weighted by molar-refractivity contribution is -0.187. The zero-order chi connectivity index (χ0) is 30.4. The van der Waals surface area contributed by atoms with Crippen LogP contribution in [0.5, 0.6) is 0 Å². The molecule has 7 rings (SSSR count). The first-order chi connectivity index (χ1) is 20.3. The van der Waals surface area contributed by atoms with Crippen LogP contribution in [0.2, 0.25) is 0 Å². The van der Waals surface area contributed by atoms with Gasteiger partial charge in [-0.2, -0.15) is 26.3 Å². The predicted molar refractivity (Wildman–Crippen MR) is 148 cm³/mol. The Morgan fingerprint density at radius 3 is 2.44 bits per heavy atom. The van der Waals surface area contributed by atoms with E-state index in [9.17, 15) is 31.1 Å². The molecule has 2 N–H and O–H groups in total. The van der Waals surface area contributed by atoms with Gasteiger partial charge in [0.1, 0.15) is 0 Å². The van der Waals surface area contributed by atoms with Crippen LogP contribution in [0.1, 0.15) is 81.4 Å². The number of hydrogen-bond donors (Lipinski definition) is 2. The largest absolute Gasteiger partial charge is 0.418 e. The third-order valence-corrected chi connectivity index (χ3v) is 11.3. The summed E-state index contributed by atoms with van der Waals surface area (Å²) < 4.78 is 85.6. The molecule has 5 fully saturated rings. The molecule has 1 spiro atoms. The van der Waals surface area contributed by atoms with E-state index in [-0.39, 0.29) is 48.2 Å². The molecule has 0 amide bonds. The molecule has 2 aliphatic heterocycles. The van der Waals surface area contributed by atoms with E-state index < -0.39 is 29.5 Å². The SMILES string of the molecule is CN1CNNC1C1(C2CCCC(n3cc4c(C(F)(F)F)cc(CN5CCC[C@@H](C(F)(F)F)C5)cn4c3=O)C2)CC2(CC2)C1. The Bertz CT molecular complexity index is 1420. The van der Waals surface area contributed by atoms with Crippen molar-refractivity contribution in [2.24, 2.45) is 22.7 Å². The number of aromatic nitrogens is 2. The summed E-state index contributed by atoms with van der Waals surface area (Å²) in [5.41, 5.74) is 5.81. The molecule has 3 aliphatic carbocycles. The summed E-state index contributed by atoms with van der Waals surface area (Å²) in [6.07, 6.45) is 2.41. The molecule has 3 saturated carbocycles. The molecule has 0 bridgehead atoms. The normalized spacial score (nSPS) is 31.5. The van der Waals surface area contributed by atoms with Crippen LogP contribution in [0.15, 0.2) is 23.3 Å². The van der Waals surface area contributed by atoms with Gasteiger partial charge in [0, 0.05) is 36.9 Å². The van der Waals surface area contributed by atoms with E-state index in [4.69, 9.17) is 0 Å². The van der Waals surface area contributed by atoms with Gasteiger partial charge in [-0.1, -0.05) is 6.42 Å². The first-order valence-corrected chi connectivity index (χ1v) is 15.6. The van der Waals surface area contributed by atoms with Crippen molar-refractivity contribution in [2.45, 2.75) is 95.3 Å². The lowest BCUT2D eigenvalue weighted by Crippen LogP contribution is -2.61. The standard InChI is InChI=1S/C30H40F6N6O/c1-39-18-37-38-25(39)28(16-27(17-28)7-8-27)20-4-2-6-22(11-20)41-15-24-23(30(34,35)36)10-19(13-42(24)26(41)43)12-40-9-3-5-21(14-40)29(31,32)33/h10,13,15,20-22,25,37-38H,2-9,11-12,14,16-18H2,1H3/t20?,21-,22?,25?/m1/s1. The van der Waals surface area contributed by atoms with E-state index in [1.807, 2.05) is 0 Å². The highest BCUT2D eigenvalue weighted by Crippen LogP contribution is 2.73. The number of alkyl halides is 6. The van der Waals surface area contributed by atoms with Gasteiger partial charge in [-0.15, -0.1) is 0 Å². The minimum absolute atomic E-state index is 0.0173. The van der Waals surface area contributed by atoms with E-state index in [1.54, 1.807) is 4.90 Å². The summed E-state index contributed by atoms with van der Waals surface area (Å²) in [6, 6.07) is 0.796. The molecule has 3 unspecified atom stereocenters. The number of hydrazine groups is 1. The number of likely N-dealkylation sites (tertiary alicyclic amines) is 1. The number of nitrogens with zero attached hydrogens (tertiary/aromatic N) is 4. The number of rotatable bonds is 5. The maximum absolute atomic E-state index is 14.3. The van der Waals surface area contributed by atoms with Gasteiger partial charge in [-0.3, -0.25) is 18.8 Å². The van der Waals surface area contributed by atoms with Gasteiger partial charge in [-0.25, -0.2) is 15.6 Å². The van der Waals surface area contributed by atoms with Gasteiger partial charge in [0.2, 0.25) is 0 Å². The summed E-state index contributed by atoms with van der Waals surface area (Å²) in [6.45, 7) is 0.784. The molecule has 43 heavy (non-hydrogen) atoms. The number of halogens is 6. The summed E-state index contributed by atoms with van der Waals surface area (Å²) in [7, 11) is 2.10. The number of piperidine rings is 1. The number of hydrogen-bond acceptors (Lipinski definition) is 5. The van der Waals surface area contributed by atoms with Crippen molar-refractivity contribution in [3.8, 4) is 0 Å². The molecule has 0 radical (unpaired) electrons. The Hall–Kier alpha value is -2.09. The van der Waals surface area contributed by atoms with Crippen LogP contribution in [0.3, 0.4) is 0 Å². The number of pyridine rings is 1. The highest BCUT2D eigenvalue weighted by atomic mass is 19.4. The quantitative estimate of drug-likeness (QED) is 0.436. The van der Waals surface area contributed by atoms with Gasteiger partial charge >= 0.3 is 18.0 Å². The zero-order valence-corrected chi connectivity index (χ0v) is 24.4. The summed E-state index contributed by atoms with van der Waals surface area (Å²) >= 11 is 0. The molecular formula is C30H40F6N6O. The first-order valence-electron chi connectivity index (χ1n) is 15.6. The Morgan fingerprint density at radius 2 is 1.79 bits per heavy atom. The van der Waals surface area contributed by atoms with Crippen molar-refractivity contribution in [1.82, 2.24) is 29.6 Å². The lowest BCUT2D eigenvalue weighted by Gasteiger charge is -2.59. The van der Waals surface area contributed by atoms with E-state index in [0.29, 0.717) is 24.3 Å². The van der Waals surface area contributed by atoms with Crippen LogP contribution in [0, 0.1) is 22.7 Å². The fourth-order valence-corrected chi connectivity index (χ4v) is 9.13. The van der Waals surface area contributed by atoms with E-state index >= 15 is 0 Å². The number of fused-ring (bicyclic) bond motifs is 1. The average Bonchev–Trinajstić information content (AvgIpc) is 3.50. The lowest BCUT2D eigenvalue weighted by atomic mass is 9.49. The fraction of sp³-hybridized carbons (Fsp3) is 0.767. The van der Waals surface area contributed by atoms with Crippen molar-refractivity contribution in [3.63, 3.8) is 0 Å². The Morgan fingerprint density at radius 1 is 1.02 bits per heavy atom. The number of imidazole rings is 1. The van der Waals surface area contributed by atoms with Crippen LogP contribution < -0.4 is 16.5 Å². The Labute approximate surface area is 246 Å². The maximum Gasteiger partial charge on any atom is 0.418 e. The van der Waals surface area contributed by atoms with Gasteiger partial charge in [-0.05, 0) is 94.3 Å². The van der Waals surface area contributed by atoms with Gasteiger partial charge in [0.05, 0.1) is 29.8 Å². The number of nitrogens with one attached hydrogen (secondary N) is 2. The van der Waals surface area contributed by atoms with Gasteiger partial charge in [0.25, 0.3) is 0 Å². The van der Waals surface area contributed by atoms with Gasteiger partial charge in [0.15, 0.2) is 0 Å². The Kier molecular flexibility index (Phi) is 7.03. The van der Waals surface area contributed by atoms with E-state index in [1.165, 1.54) is 29.8 Å². The molecular weight excluding hydrogens is 574 g/mol. The molecule has 7 nitrogen and oxygen atoms in total. The minimum Gasteiger partial charge on any atom is -0.298 e. The third-order valence-electron chi connectivity index (χ3n) is 11.3. The van der Waals surface area contributed by atoms with Crippen LogP contribution in [-0.2, 0) is 12.7 Å². The zero-order valence-electron chi connectivity index (χ0n) is 24.4. The second kappa shape index (κ2) is 10.2. The van der Waals surface area contributed by atoms with E-state index in [2.05, 4.69) is 22.8 Å². The molecule has 4 heterocycles. The van der Waals surface area contributed by atoms with Crippen molar-refractivity contribution in [2.75, 3.05) is 26.8 Å². The summed E-state index contributed by atoms with van der Waals surface area (Å²) in [5.74, 6) is -1.16. The molecule has 4 atom stereocenters. The highest BCUT2D eigenvalue weighted by Gasteiger charge is 2.67. The topological polar surface area (TPSA) is 56.9 Å². The molecule has 13 heteroatoms. The first kappa shape index (κ1) is 29.6. The van der Waals surface area contributed by atoms with Crippen LogP contribution >= 0.6 is 0 Å². The second-order valence-corrected chi connectivity index (χ2v) is 14.2. The van der Waals surface area contributed by atoms with Crippen molar-refractivity contribution in [3.05, 3.63) is 40.1 Å². The van der Waals surface area contributed by atoms with Crippen LogP contribution in [0.4, 0.5) is 26.3 Å². The van der Waals surface area contributed by atoms with Crippen LogP contribution in [0.25, 0.3) is 5.52 Å². The highest BCUT2D eigenvalue weighted by molar-refractivity contribution is 5.56. The molecule has 238 valence electrons. The van der Waals surface area contributed by atoms with Crippen molar-refractivity contribution < 1.29 is 26.3 Å². The average molecular weight is 615 g/mol. The van der Waals surface area contributed by atoms with Crippen molar-refractivity contribution >= 4 is 5.52 Å². The van der Waals surface area contributed by atoms with Gasteiger partial charge < -0.3 is 0 Å². The third kappa shape index (κ3) is 5.21. The minimum atomic E-state index is -4.72. The molecule has 5 aliphatic rings. The second-order valence-electron chi connectivity index (χ2n) is 14.2.